The summed E-state index contributed by atoms with van der Waals surface area (Å²) in [7, 11) is 1.69. The second-order valence-electron chi connectivity index (χ2n) is 3.94. The van der Waals surface area contributed by atoms with Crippen molar-refractivity contribution in [2.24, 2.45) is 0 Å². The van der Waals surface area contributed by atoms with E-state index in [4.69, 9.17) is 4.74 Å². The maximum Gasteiger partial charge on any atom is 0.410 e. The summed E-state index contributed by atoms with van der Waals surface area (Å²) in [5.41, 5.74) is 0.381. The van der Waals surface area contributed by atoms with Gasteiger partial charge in [-0.25, -0.2) is 4.79 Å². The van der Waals surface area contributed by atoms with Crippen molar-refractivity contribution in [3.8, 4) is 5.75 Å². The monoisotopic (exact) mass is 207 g/mol. The number of benzene rings is 1. The molecule has 1 saturated heterocycles. The van der Waals surface area contributed by atoms with Crippen molar-refractivity contribution in [3.63, 3.8) is 0 Å². The van der Waals surface area contributed by atoms with Crippen LogP contribution >= 0.6 is 0 Å². The van der Waals surface area contributed by atoms with E-state index in [2.05, 4.69) is 0 Å². The summed E-state index contributed by atoms with van der Waals surface area (Å²) >= 11 is 0. The molecule has 4 nitrogen and oxygen atoms in total. The highest BCUT2D eigenvalue weighted by Crippen LogP contribution is 2.34. The Bertz CT molecular complexity index is 405. The lowest BCUT2D eigenvalue weighted by Gasteiger charge is -2.29. The fourth-order valence-electron chi connectivity index (χ4n) is 1.72. The maximum absolute atomic E-state index is 11.3. The van der Waals surface area contributed by atoms with E-state index in [0.29, 0.717) is 6.61 Å². The molecule has 0 aromatic heterocycles. The predicted octanol–water partition coefficient (Wildman–Crippen LogP) is 1.69. The summed E-state index contributed by atoms with van der Waals surface area (Å²) in [6, 6.07) is 6.88. The molecular formula is C11H13NO3. The lowest BCUT2D eigenvalue weighted by molar-refractivity contribution is 0.162. The molecule has 15 heavy (non-hydrogen) atoms. The van der Waals surface area contributed by atoms with Crippen LogP contribution in [0.2, 0.25) is 0 Å². The van der Waals surface area contributed by atoms with Crippen molar-refractivity contribution < 1.29 is 14.6 Å². The van der Waals surface area contributed by atoms with Crippen molar-refractivity contribution in [1.82, 2.24) is 4.90 Å². The molecule has 1 N–H and O–H groups in total. The van der Waals surface area contributed by atoms with Gasteiger partial charge in [-0.3, -0.25) is 4.90 Å². The number of aromatic hydroxyl groups is 1. The molecule has 2 rings (SSSR count). The zero-order valence-electron chi connectivity index (χ0n) is 8.73. The number of rotatable bonds is 1. The number of amides is 1. The highest BCUT2D eigenvalue weighted by atomic mass is 16.6. The first-order valence-electron chi connectivity index (χ1n) is 4.74. The molecule has 0 spiro atoms. The third-order valence-corrected chi connectivity index (χ3v) is 2.96. The van der Waals surface area contributed by atoms with Gasteiger partial charge in [0.2, 0.25) is 0 Å². The summed E-state index contributed by atoms with van der Waals surface area (Å²) in [6.07, 6.45) is -0.333. The largest absolute Gasteiger partial charge is 0.508 e. The van der Waals surface area contributed by atoms with Gasteiger partial charge >= 0.3 is 6.09 Å². The van der Waals surface area contributed by atoms with Gasteiger partial charge in [-0.2, -0.15) is 0 Å². The average molecular weight is 207 g/mol. The Labute approximate surface area is 88.1 Å². The molecule has 1 aromatic carbocycles. The number of likely N-dealkylation sites (N-methyl/N-ethyl adjacent to an activating group) is 1. The summed E-state index contributed by atoms with van der Waals surface area (Å²) < 4.78 is 4.98. The minimum atomic E-state index is -0.490. The van der Waals surface area contributed by atoms with E-state index in [-0.39, 0.29) is 11.8 Å². The standard InChI is InChI=1S/C11H13NO3/c1-11(7-15-10(14)12(11)2)8-4-3-5-9(13)6-8/h3-6,13H,7H2,1-2H3. The van der Waals surface area contributed by atoms with Crippen molar-refractivity contribution in [3.05, 3.63) is 29.8 Å². The Kier molecular flexibility index (Phi) is 2.07. The second kappa shape index (κ2) is 3.15. The summed E-state index contributed by atoms with van der Waals surface area (Å²) in [4.78, 5) is 12.8. The third kappa shape index (κ3) is 1.42. The van der Waals surface area contributed by atoms with Crippen LogP contribution in [0.1, 0.15) is 12.5 Å². The topological polar surface area (TPSA) is 49.8 Å². The summed E-state index contributed by atoms with van der Waals surface area (Å²) in [5, 5.41) is 9.40. The minimum absolute atomic E-state index is 0.196. The number of hydrogen-bond acceptors (Lipinski definition) is 3. The van der Waals surface area contributed by atoms with Crippen LogP contribution in [-0.4, -0.2) is 29.8 Å². The molecule has 1 unspecified atom stereocenters. The van der Waals surface area contributed by atoms with Gasteiger partial charge in [0.05, 0.1) is 0 Å². The van der Waals surface area contributed by atoms with Crippen LogP contribution in [-0.2, 0) is 10.3 Å². The number of carbonyl (C=O) groups is 1. The highest BCUT2D eigenvalue weighted by molar-refractivity contribution is 5.71. The Morgan fingerprint density at radius 1 is 1.53 bits per heavy atom. The van der Waals surface area contributed by atoms with Crippen molar-refractivity contribution in [2.45, 2.75) is 12.5 Å². The van der Waals surface area contributed by atoms with E-state index < -0.39 is 5.54 Å². The zero-order valence-corrected chi connectivity index (χ0v) is 8.73. The molecular weight excluding hydrogens is 194 g/mol. The predicted molar refractivity (Wildman–Crippen MR) is 54.6 cm³/mol. The molecule has 0 aliphatic carbocycles. The van der Waals surface area contributed by atoms with Crippen molar-refractivity contribution in [2.75, 3.05) is 13.7 Å². The first-order chi connectivity index (χ1) is 7.04. The van der Waals surface area contributed by atoms with E-state index in [0.717, 1.165) is 5.56 Å². The van der Waals surface area contributed by atoms with Crippen LogP contribution in [0.4, 0.5) is 4.79 Å². The number of ether oxygens (including phenoxy) is 1. The van der Waals surface area contributed by atoms with Crippen LogP contribution in [0.3, 0.4) is 0 Å². The molecule has 1 fully saturated rings. The first kappa shape index (κ1) is 9.83. The second-order valence-corrected chi connectivity index (χ2v) is 3.94. The van der Waals surface area contributed by atoms with Crippen molar-refractivity contribution >= 4 is 6.09 Å². The molecule has 80 valence electrons. The molecule has 1 aliphatic heterocycles. The van der Waals surface area contributed by atoms with Crippen LogP contribution in [0.5, 0.6) is 5.75 Å². The van der Waals surface area contributed by atoms with E-state index in [9.17, 15) is 9.90 Å². The number of nitrogens with zero attached hydrogens (tertiary/aromatic N) is 1. The molecule has 0 saturated carbocycles. The van der Waals surface area contributed by atoms with Gasteiger partial charge in [0, 0.05) is 7.05 Å². The smallest absolute Gasteiger partial charge is 0.410 e. The molecule has 1 heterocycles. The third-order valence-electron chi connectivity index (χ3n) is 2.96. The van der Waals surface area contributed by atoms with Gasteiger partial charge in [-0.05, 0) is 24.6 Å². The SMILES string of the molecule is CN1C(=O)OCC1(C)c1cccc(O)c1. The van der Waals surface area contributed by atoms with E-state index in [1.807, 2.05) is 13.0 Å². The Balaban J connectivity index is 2.42. The molecule has 1 aromatic rings. The number of hydrogen-bond donors (Lipinski definition) is 1. The lowest BCUT2D eigenvalue weighted by Crippen LogP contribution is -2.39. The van der Waals surface area contributed by atoms with E-state index in [1.165, 1.54) is 0 Å². The highest BCUT2D eigenvalue weighted by Gasteiger charge is 2.42. The normalized spacial score (nSPS) is 25.5. The lowest BCUT2D eigenvalue weighted by atomic mass is 9.92. The zero-order chi connectivity index (χ0) is 11.1. The Hall–Kier alpha value is -1.71. The van der Waals surface area contributed by atoms with Crippen LogP contribution in [0.15, 0.2) is 24.3 Å². The Morgan fingerprint density at radius 2 is 2.27 bits per heavy atom. The number of cyclic esters (lactones) is 1. The van der Waals surface area contributed by atoms with Crippen LogP contribution in [0, 0.1) is 0 Å². The maximum atomic E-state index is 11.3. The van der Waals surface area contributed by atoms with Gasteiger partial charge in [0.25, 0.3) is 0 Å². The molecule has 1 amide bonds. The van der Waals surface area contributed by atoms with Gasteiger partial charge in [0.15, 0.2) is 0 Å². The molecule has 1 atom stereocenters. The van der Waals surface area contributed by atoms with Gasteiger partial charge in [0.1, 0.15) is 17.9 Å². The minimum Gasteiger partial charge on any atom is -0.508 e. The first-order valence-corrected chi connectivity index (χ1v) is 4.74. The van der Waals surface area contributed by atoms with Gasteiger partial charge in [-0.15, -0.1) is 0 Å². The quantitative estimate of drug-likeness (QED) is 0.762. The molecule has 0 radical (unpaired) electrons. The molecule has 1 aliphatic rings. The molecule has 0 bridgehead atoms. The number of carbonyl (C=O) groups excluding carboxylic acids is 1. The van der Waals surface area contributed by atoms with Gasteiger partial charge in [-0.1, -0.05) is 12.1 Å². The fourth-order valence-corrected chi connectivity index (χ4v) is 1.72. The Morgan fingerprint density at radius 3 is 2.80 bits per heavy atom. The van der Waals surface area contributed by atoms with Crippen LogP contribution in [0.25, 0.3) is 0 Å². The number of phenols is 1. The molecule has 4 heteroatoms. The summed E-state index contributed by atoms with van der Waals surface area (Å²) in [5.74, 6) is 0.196. The number of phenolic OH excluding ortho intramolecular Hbond substituents is 1. The van der Waals surface area contributed by atoms with E-state index in [1.54, 1.807) is 30.1 Å². The van der Waals surface area contributed by atoms with Crippen molar-refractivity contribution in [1.29, 1.82) is 0 Å². The fraction of sp³-hybridized carbons (Fsp3) is 0.364. The summed E-state index contributed by atoms with van der Waals surface area (Å²) in [6.45, 7) is 2.22. The average Bonchev–Trinajstić information content (AvgIpc) is 2.48. The van der Waals surface area contributed by atoms with Gasteiger partial charge < -0.3 is 9.84 Å². The van der Waals surface area contributed by atoms with E-state index >= 15 is 0 Å². The van der Waals surface area contributed by atoms with Crippen LogP contribution < -0.4 is 0 Å².